The van der Waals surface area contributed by atoms with Crippen molar-refractivity contribution in [1.29, 1.82) is 0 Å². The van der Waals surface area contributed by atoms with E-state index < -0.39 is 18.1 Å². The molecule has 55 heavy (non-hydrogen) atoms. The number of carbonyl (C=O) groups is 3. The van der Waals surface area contributed by atoms with Crippen molar-refractivity contribution in [3.63, 3.8) is 0 Å². The van der Waals surface area contributed by atoms with Gasteiger partial charge in [-0.25, -0.2) is 0 Å². The standard InChI is InChI=1S/C47H83NO7/c1-6-8-10-12-14-16-17-18-19-20-21-22-23-24-25-26-27-28-30-31-33-35-37-45(49)54-42-43(41-53-40-39-44(47(51)52)48(3,4)5)55-46(50)38-36-34-32-29-15-13-11-9-7-2/h14,16,18-19,21-22,29,32,43-44H,6-13,15,17,20,23-28,30-31,33-42H2,1-5H3/b16-14+,19-18+,22-21+,32-29+. The van der Waals surface area contributed by atoms with Crippen molar-refractivity contribution in [1.82, 2.24) is 0 Å². The third-order valence-electron chi connectivity index (χ3n) is 9.69. The number of quaternary nitrogens is 1. The zero-order valence-electron chi connectivity index (χ0n) is 36.1. The molecule has 0 bridgehead atoms. The number of aliphatic carboxylic acids is 1. The summed E-state index contributed by atoms with van der Waals surface area (Å²) in [6.07, 6.45) is 44.4. The zero-order chi connectivity index (χ0) is 40.7. The van der Waals surface area contributed by atoms with Crippen molar-refractivity contribution in [2.24, 2.45) is 0 Å². The number of unbranched alkanes of at least 4 members (excludes halogenated alkanes) is 17. The SMILES string of the molecule is CCCCC/C=C/C/C=C/C/C=C/CCCCCCCCCCCC(=O)OCC(COCCC(C(=O)[O-])[N+](C)(C)C)OC(=O)CCC/C=C/CCCCCC. The van der Waals surface area contributed by atoms with Gasteiger partial charge in [-0.15, -0.1) is 0 Å². The summed E-state index contributed by atoms with van der Waals surface area (Å²) in [5, 5.41) is 11.6. The molecular formula is C47H83NO7. The van der Waals surface area contributed by atoms with E-state index in [1.165, 1.54) is 89.9 Å². The number of hydrogen-bond donors (Lipinski definition) is 0. The van der Waals surface area contributed by atoms with E-state index in [1.54, 1.807) is 21.1 Å². The van der Waals surface area contributed by atoms with Gasteiger partial charge in [-0.2, -0.15) is 0 Å². The normalized spacial score (nSPS) is 13.4. The van der Waals surface area contributed by atoms with Gasteiger partial charge < -0.3 is 28.6 Å². The third-order valence-corrected chi connectivity index (χ3v) is 9.69. The molecular weight excluding hydrogens is 691 g/mol. The fourth-order valence-corrected chi connectivity index (χ4v) is 6.20. The molecule has 0 aliphatic heterocycles. The van der Waals surface area contributed by atoms with E-state index in [0.717, 1.165) is 51.4 Å². The summed E-state index contributed by atoms with van der Waals surface area (Å²) in [6, 6.07) is -0.730. The summed E-state index contributed by atoms with van der Waals surface area (Å²) in [7, 11) is 5.39. The first-order valence-corrected chi connectivity index (χ1v) is 22.2. The first-order chi connectivity index (χ1) is 26.6. The number of esters is 2. The highest BCUT2D eigenvalue weighted by molar-refractivity contribution is 5.70. The molecule has 0 aliphatic carbocycles. The van der Waals surface area contributed by atoms with Gasteiger partial charge in [-0.3, -0.25) is 9.59 Å². The van der Waals surface area contributed by atoms with Crippen molar-refractivity contribution in [2.75, 3.05) is 41.0 Å². The molecule has 0 aromatic rings. The predicted octanol–water partition coefficient (Wildman–Crippen LogP) is 10.7. The summed E-state index contributed by atoms with van der Waals surface area (Å²) in [4.78, 5) is 36.7. The number of carboxylic acid groups (broad SMARTS) is 1. The molecule has 8 nitrogen and oxygen atoms in total. The Morgan fingerprint density at radius 2 is 0.982 bits per heavy atom. The molecule has 0 rings (SSSR count). The molecule has 2 atom stereocenters. The van der Waals surface area contributed by atoms with Gasteiger partial charge >= 0.3 is 11.9 Å². The van der Waals surface area contributed by atoms with Gasteiger partial charge in [0.25, 0.3) is 0 Å². The summed E-state index contributed by atoms with van der Waals surface area (Å²) in [6.45, 7) is 4.56. The van der Waals surface area contributed by atoms with Gasteiger partial charge in [0.2, 0.25) is 0 Å². The fourth-order valence-electron chi connectivity index (χ4n) is 6.20. The molecule has 0 saturated heterocycles. The maximum atomic E-state index is 12.6. The number of carboxylic acids is 1. The lowest BCUT2D eigenvalue weighted by Crippen LogP contribution is -2.55. The summed E-state index contributed by atoms with van der Waals surface area (Å²) < 4.78 is 17.1. The van der Waals surface area contributed by atoms with Crippen molar-refractivity contribution < 1.29 is 38.2 Å². The second-order valence-corrected chi connectivity index (χ2v) is 15.9. The third kappa shape index (κ3) is 36.7. The molecule has 0 aromatic heterocycles. The van der Waals surface area contributed by atoms with Gasteiger partial charge in [-0.05, 0) is 70.6 Å². The quantitative estimate of drug-likeness (QED) is 0.0265. The molecule has 318 valence electrons. The van der Waals surface area contributed by atoms with Gasteiger partial charge in [0.15, 0.2) is 6.10 Å². The first-order valence-electron chi connectivity index (χ1n) is 22.2. The van der Waals surface area contributed by atoms with Crippen LogP contribution in [0.4, 0.5) is 0 Å². The topological polar surface area (TPSA) is 102 Å². The summed E-state index contributed by atoms with van der Waals surface area (Å²) in [5.41, 5.74) is 0. The molecule has 0 saturated carbocycles. The largest absolute Gasteiger partial charge is 0.544 e. The van der Waals surface area contributed by atoms with Crippen LogP contribution in [-0.4, -0.2) is 75.5 Å². The Kier molecular flexibility index (Phi) is 36.3. The molecule has 0 aromatic carbocycles. The molecule has 8 heteroatoms. The number of ether oxygens (including phenoxy) is 3. The van der Waals surface area contributed by atoms with Crippen LogP contribution in [0.3, 0.4) is 0 Å². The van der Waals surface area contributed by atoms with Crippen LogP contribution in [0.15, 0.2) is 48.6 Å². The minimum atomic E-state index is -1.13. The Labute approximate surface area is 337 Å². The van der Waals surface area contributed by atoms with Crippen LogP contribution in [0.5, 0.6) is 0 Å². The van der Waals surface area contributed by atoms with Crippen LogP contribution in [-0.2, 0) is 28.6 Å². The first kappa shape index (κ1) is 52.3. The number of hydrogen-bond acceptors (Lipinski definition) is 7. The van der Waals surface area contributed by atoms with E-state index in [9.17, 15) is 19.5 Å². The Balaban J connectivity index is 4.23. The average molecular weight is 774 g/mol. The van der Waals surface area contributed by atoms with Crippen LogP contribution >= 0.6 is 0 Å². The highest BCUT2D eigenvalue weighted by Crippen LogP contribution is 2.13. The molecule has 0 aliphatic rings. The summed E-state index contributed by atoms with van der Waals surface area (Å²) >= 11 is 0. The van der Waals surface area contributed by atoms with Crippen molar-refractivity contribution in [3.8, 4) is 0 Å². The highest BCUT2D eigenvalue weighted by Gasteiger charge is 2.25. The second-order valence-electron chi connectivity index (χ2n) is 15.9. The van der Waals surface area contributed by atoms with E-state index >= 15 is 0 Å². The second kappa shape index (κ2) is 38.2. The average Bonchev–Trinajstić information content (AvgIpc) is 3.14. The van der Waals surface area contributed by atoms with Gasteiger partial charge in [0, 0.05) is 19.3 Å². The molecule has 0 spiro atoms. The van der Waals surface area contributed by atoms with Crippen molar-refractivity contribution >= 4 is 17.9 Å². The lowest BCUT2D eigenvalue weighted by atomic mass is 10.1. The van der Waals surface area contributed by atoms with Crippen molar-refractivity contribution in [3.05, 3.63) is 48.6 Å². The zero-order valence-corrected chi connectivity index (χ0v) is 36.1. The van der Waals surface area contributed by atoms with E-state index in [4.69, 9.17) is 14.2 Å². The Hall–Kier alpha value is -2.71. The Morgan fingerprint density at radius 3 is 1.53 bits per heavy atom. The van der Waals surface area contributed by atoms with E-state index in [0.29, 0.717) is 12.8 Å². The molecule has 0 fully saturated rings. The molecule has 2 unspecified atom stereocenters. The lowest BCUT2D eigenvalue weighted by Gasteiger charge is -2.34. The van der Waals surface area contributed by atoms with Crippen LogP contribution in [0.25, 0.3) is 0 Å². The number of allylic oxidation sites excluding steroid dienone is 8. The van der Waals surface area contributed by atoms with E-state index in [-0.39, 0.29) is 49.1 Å². The summed E-state index contributed by atoms with van der Waals surface area (Å²) in [5.74, 6) is -1.79. The molecule has 0 amide bonds. The Bertz CT molecular complexity index is 1040. The van der Waals surface area contributed by atoms with E-state index in [1.807, 2.05) is 0 Å². The monoisotopic (exact) mass is 774 g/mol. The highest BCUT2D eigenvalue weighted by atomic mass is 16.6. The maximum absolute atomic E-state index is 12.6. The minimum Gasteiger partial charge on any atom is -0.544 e. The van der Waals surface area contributed by atoms with Crippen LogP contribution < -0.4 is 5.11 Å². The number of nitrogens with zero attached hydrogens (tertiary/aromatic N) is 1. The number of carbonyl (C=O) groups excluding carboxylic acids is 3. The van der Waals surface area contributed by atoms with Crippen LogP contribution in [0, 0.1) is 0 Å². The molecule has 0 N–H and O–H groups in total. The van der Waals surface area contributed by atoms with Gasteiger partial charge in [-0.1, -0.05) is 140 Å². The Morgan fingerprint density at radius 1 is 0.545 bits per heavy atom. The maximum Gasteiger partial charge on any atom is 0.306 e. The van der Waals surface area contributed by atoms with Crippen molar-refractivity contribution in [2.45, 2.75) is 193 Å². The smallest absolute Gasteiger partial charge is 0.306 e. The van der Waals surface area contributed by atoms with Gasteiger partial charge in [0.05, 0.1) is 40.3 Å². The number of rotatable bonds is 39. The number of likely N-dealkylation sites (N-methyl/N-ethyl adjacent to an activating group) is 1. The minimum absolute atomic E-state index is 0.0272. The molecule has 0 heterocycles. The lowest BCUT2D eigenvalue weighted by molar-refractivity contribution is -0.889. The fraction of sp³-hybridized carbons (Fsp3) is 0.766. The van der Waals surface area contributed by atoms with Crippen LogP contribution in [0.1, 0.15) is 181 Å². The van der Waals surface area contributed by atoms with Crippen LogP contribution in [0.2, 0.25) is 0 Å². The van der Waals surface area contributed by atoms with E-state index in [2.05, 4.69) is 62.5 Å². The predicted molar refractivity (Wildman–Crippen MR) is 226 cm³/mol. The molecule has 0 radical (unpaired) electrons. The van der Waals surface area contributed by atoms with Gasteiger partial charge in [0.1, 0.15) is 12.6 Å².